The number of hydrogen-bond donors (Lipinski definition) is 2. The van der Waals surface area contributed by atoms with Crippen molar-refractivity contribution in [3.05, 3.63) is 34.9 Å². The highest BCUT2D eigenvalue weighted by Gasteiger charge is 2.27. The molecule has 110 valence electrons. The molecule has 1 rings (SSSR count). The normalized spacial score (nSPS) is 13.4. The predicted molar refractivity (Wildman–Crippen MR) is 70.1 cm³/mol. The van der Waals surface area contributed by atoms with Crippen LogP contribution < -0.4 is 0 Å². The van der Waals surface area contributed by atoms with Crippen LogP contribution in [0.1, 0.15) is 34.5 Å². The number of aryl methyl sites for hydroxylation is 1. The van der Waals surface area contributed by atoms with Crippen molar-refractivity contribution in [2.75, 3.05) is 13.7 Å². The van der Waals surface area contributed by atoms with Gasteiger partial charge < -0.3 is 19.7 Å². The highest BCUT2D eigenvalue weighted by Crippen LogP contribution is 2.21. The minimum atomic E-state index is -1.71. The molecule has 2 N–H and O–H groups in total. The lowest BCUT2D eigenvalue weighted by atomic mass is 9.99. The number of benzene rings is 1. The number of carbonyl (C=O) groups is 2. The van der Waals surface area contributed by atoms with Crippen LogP contribution in [0.25, 0.3) is 0 Å². The van der Waals surface area contributed by atoms with Crippen LogP contribution in [0.5, 0.6) is 0 Å². The zero-order valence-corrected chi connectivity index (χ0v) is 11.6. The Balaban J connectivity index is 3.02. The lowest BCUT2D eigenvalue weighted by molar-refractivity contribution is -0.159. The number of aliphatic hydroxyl groups is 2. The molecule has 0 aromatic heterocycles. The molecule has 2 atom stereocenters. The second-order valence-corrected chi connectivity index (χ2v) is 4.21. The fraction of sp³-hybridized carbons (Fsp3) is 0.429. The molecule has 1 aromatic rings. The van der Waals surface area contributed by atoms with E-state index in [2.05, 4.69) is 9.47 Å². The lowest BCUT2D eigenvalue weighted by Gasteiger charge is -2.17. The number of ether oxygens (including phenoxy) is 2. The van der Waals surface area contributed by atoms with Crippen molar-refractivity contribution >= 4 is 11.9 Å². The van der Waals surface area contributed by atoms with Crippen LogP contribution in [-0.4, -0.2) is 42.0 Å². The van der Waals surface area contributed by atoms with Gasteiger partial charge in [0.25, 0.3) is 0 Å². The van der Waals surface area contributed by atoms with Crippen LogP contribution in [-0.2, 0) is 14.3 Å². The Morgan fingerprint density at radius 1 is 1.30 bits per heavy atom. The summed E-state index contributed by atoms with van der Waals surface area (Å²) < 4.78 is 9.25. The first kappa shape index (κ1) is 16.1. The van der Waals surface area contributed by atoms with Gasteiger partial charge in [-0.25, -0.2) is 9.59 Å². The maximum atomic E-state index is 11.6. The van der Waals surface area contributed by atoms with E-state index < -0.39 is 24.1 Å². The molecule has 6 nitrogen and oxygen atoms in total. The summed E-state index contributed by atoms with van der Waals surface area (Å²) in [5, 5.41) is 19.6. The third kappa shape index (κ3) is 3.55. The molecule has 0 saturated heterocycles. The molecule has 20 heavy (non-hydrogen) atoms. The summed E-state index contributed by atoms with van der Waals surface area (Å²) in [5.41, 5.74) is 1.16. The number of rotatable bonds is 5. The smallest absolute Gasteiger partial charge is 0.338 e. The Morgan fingerprint density at radius 3 is 2.50 bits per heavy atom. The van der Waals surface area contributed by atoms with Crippen LogP contribution in [0.4, 0.5) is 0 Å². The molecule has 6 heteroatoms. The zero-order valence-electron chi connectivity index (χ0n) is 11.6. The largest absolute Gasteiger partial charge is 0.465 e. The second-order valence-electron chi connectivity index (χ2n) is 4.21. The van der Waals surface area contributed by atoms with Crippen molar-refractivity contribution in [1.82, 2.24) is 0 Å². The number of aliphatic hydroxyl groups excluding tert-OH is 2. The Bertz CT molecular complexity index is 496. The monoisotopic (exact) mass is 282 g/mol. The topological polar surface area (TPSA) is 93.1 Å². The van der Waals surface area contributed by atoms with Gasteiger partial charge in [0.1, 0.15) is 6.10 Å². The van der Waals surface area contributed by atoms with Crippen LogP contribution >= 0.6 is 0 Å². The van der Waals surface area contributed by atoms with Gasteiger partial charge in [0.15, 0.2) is 6.10 Å². The Kier molecular flexibility index (Phi) is 5.66. The van der Waals surface area contributed by atoms with E-state index in [4.69, 9.17) is 0 Å². The SMILES string of the molecule is CCOC(=O)C(O)C(O)c1ccc(C)c(C(=O)OC)c1. The van der Waals surface area contributed by atoms with Crippen molar-refractivity contribution in [2.45, 2.75) is 26.1 Å². The first-order valence-corrected chi connectivity index (χ1v) is 6.14. The molecule has 2 unspecified atom stereocenters. The molecule has 0 heterocycles. The average Bonchev–Trinajstić information content (AvgIpc) is 2.45. The van der Waals surface area contributed by atoms with Crippen molar-refractivity contribution < 1.29 is 29.3 Å². The van der Waals surface area contributed by atoms with E-state index in [1.807, 2.05) is 0 Å². The highest BCUT2D eigenvalue weighted by molar-refractivity contribution is 5.91. The molecule has 0 saturated carbocycles. The van der Waals surface area contributed by atoms with Crippen molar-refractivity contribution in [3.63, 3.8) is 0 Å². The minimum Gasteiger partial charge on any atom is -0.465 e. The van der Waals surface area contributed by atoms with Gasteiger partial charge in [-0.05, 0) is 31.0 Å². The van der Waals surface area contributed by atoms with Gasteiger partial charge in [-0.3, -0.25) is 0 Å². The van der Waals surface area contributed by atoms with Crippen LogP contribution in [0, 0.1) is 6.92 Å². The van der Waals surface area contributed by atoms with Crippen molar-refractivity contribution in [2.24, 2.45) is 0 Å². The first-order valence-electron chi connectivity index (χ1n) is 6.14. The van der Waals surface area contributed by atoms with E-state index in [1.165, 1.54) is 19.2 Å². The predicted octanol–water partition coefficient (Wildman–Crippen LogP) is 0.739. The van der Waals surface area contributed by atoms with Crippen molar-refractivity contribution in [1.29, 1.82) is 0 Å². The summed E-state index contributed by atoms with van der Waals surface area (Å²) in [4.78, 5) is 22.9. The Morgan fingerprint density at radius 2 is 1.95 bits per heavy atom. The van der Waals surface area contributed by atoms with E-state index in [9.17, 15) is 19.8 Å². The second kappa shape index (κ2) is 7.02. The molecule has 0 radical (unpaired) electrons. The third-order valence-electron chi connectivity index (χ3n) is 2.84. The van der Waals surface area contributed by atoms with Crippen LogP contribution in [0.15, 0.2) is 18.2 Å². The fourth-order valence-corrected chi connectivity index (χ4v) is 1.69. The van der Waals surface area contributed by atoms with E-state index >= 15 is 0 Å². The third-order valence-corrected chi connectivity index (χ3v) is 2.84. The summed E-state index contributed by atoms with van der Waals surface area (Å²) in [6.45, 7) is 3.41. The van der Waals surface area contributed by atoms with E-state index in [0.29, 0.717) is 5.56 Å². The summed E-state index contributed by atoms with van der Waals surface area (Å²) >= 11 is 0. The van der Waals surface area contributed by atoms with E-state index in [1.54, 1.807) is 19.9 Å². The quantitative estimate of drug-likeness (QED) is 0.774. The minimum absolute atomic E-state index is 0.101. The maximum Gasteiger partial charge on any atom is 0.338 e. The van der Waals surface area contributed by atoms with Gasteiger partial charge in [-0.15, -0.1) is 0 Å². The zero-order chi connectivity index (χ0) is 15.3. The summed E-state index contributed by atoms with van der Waals surface area (Å²) in [6.07, 6.45) is -3.18. The Hall–Kier alpha value is -1.92. The van der Waals surface area contributed by atoms with Gasteiger partial charge >= 0.3 is 11.9 Å². The van der Waals surface area contributed by atoms with Crippen LogP contribution in [0.2, 0.25) is 0 Å². The molecule has 0 aliphatic heterocycles. The van der Waals surface area contributed by atoms with Gasteiger partial charge in [0, 0.05) is 0 Å². The number of hydrogen-bond acceptors (Lipinski definition) is 6. The fourth-order valence-electron chi connectivity index (χ4n) is 1.69. The van der Waals surface area contributed by atoms with Crippen LogP contribution in [0.3, 0.4) is 0 Å². The summed E-state index contributed by atoms with van der Waals surface area (Å²) in [7, 11) is 1.25. The molecule has 0 spiro atoms. The van der Waals surface area contributed by atoms with Gasteiger partial charge in [-0.2, -0.15) is 0 Å². The summed E-state index contributed by atoms with van der Waals surface area (Å²) in [6, 6.07) is 4.51. The standard InChI is InChI=1S/C14H18O6/c1-4-20-14(18)12(16)11(15)9-6-5-8(2)10(7-9)13(17)19-3/h5-7,11-12,15-16H,4H2,1-3H3. The van der Waals surface area contributed by atoms with Gasteiger partial charge in [0.05, 0.1) is 19.3 Å². The lowest BCUT2D eigenvalue weighted by Crippen LogP contribution is -2.30. The maximum absolute atomic E-state index is 11.6. The first-order chi connectivity index (χ1) is 9.42. The number of carbonyl (C=O) groups excluding carboxylic acids is 2. The molecular formula is C14H18O6. The molecule has 0 aliphatic carbocycles. The number of esters is 2. The summed E-state index contributed by atoms with van der Waals surface area (Å²) in [5.74, 6) is -1.47. The molecule has 0 fully saturated rings. The van der Waals surface area contributed by atoms with Gasteiger partial charge in [-0.1, -0.05) is 12.1 Å². The highest BCUT2D eigenvalue weighted by atomic mass is 16.5. The number of methoxy groups -OCH3 is 1. The molecular weight excluding hydrogens is 264 g/mol. The molecule has 0 amide bonds. The molecule has 0 bridgehead atoms. The van der Waals surface area contributed by atoms with E-state index in [0.717, 1.165) is 0 Å². The average molecular weight is 282 g/mol. The van der Waals surface area contributed by atoms with E-state index in [-0.39, 0.29) is 17.7 Å². The van der Waals surface area contributed by atoms with Gasteiger partial charge in [0.2, 0.25) is 0 Å². The van der Waals surface area contributed by atoms with Crippen molar-refractivity contribution in [3.8, 4) is 0 Å². The Labute approximate surface area is 116 Å². The molecule has 0 aliphatic rings. The molecule has 1 aromatic carbocycles.